The molecule has 0 atom stereocenters. The number of aryl methyl sites for hydroxylation is 3. The van der Waals surface area contributed by atoms with E-state index in [-0.39, 0.29) is 0 Å². The molecular weight excluding hydrogens is 420 g/mol. The van der Waals surface area contributed by atoms with Crippen LogP contribution < -0.4 is 8.92 Å². The highest BCUT2D eigenvalue weighted by Gasteiger charge is 2.11. The van der Waals surface area contributed by atoms with E-state index in [1.54, 1.807) is 12.1 Å². The van der Waals surface area contributed by atoms with Gasteiger partial charge in [0.25, 0.3) is 0 Å². The van der Waals surface area contributed by atoms with Crippen molar-refractivity contribution in [2.45, 2.75) is 34.6 Å². The maximum Gasteiger partial charge on any atom is 0.306 e. The van der Waals surface area contributed by atoms with Crippen molar-refractivity contribution < 1.29 is 17.3 Å². The number of hydrogen-bond donors (Lipinski definition) is 0. The molecular formula is C27H30O4S. The van der Waals surface area contributed by atoms with Crippen molar-refractivity contribution >= 4 is 10.1 Å². The van der Waals surface area contributed by atoms with Gasteiger partial charge in [-0.15, -0.1) is 0 Å². The summed E-state index contributed by atoms with van der Waals surface area (Å²) in [6.45, 7) is 11.0. The fourth-order valence-corrected chi connectivity index (χ4v) is 4.04. The smallest absolute Gasteiger partial charge is 0.306 e. The van der Waals surface area contributed by atoms with Gasteiger partial charge in [0, 0.05) is 0 Å². The summed E-state index contributed by atoms with van der Waals surface area (Å²) in [5.41, 5.74) is 9.11. The van der Waals surface area contributed by atoms with Gasteiger partial charge in [0.05, 0.1) is 6.26 Å². The molecule has 0 fully saturated rings. The van der Waals surface area contributed by atoms with Crippen molar-refractivity contribution in [2.24, 2.45) is 0 Å². The minimum atomic E-state index is -3.53. The van der Waals surface area contributed by atoms with E-state index in [0.717, 1.165) is 39.8 Å². The summed E-state index contributed by atoms with van der Waals surface area (Å²) >= 11 is 0. The third kappa shape index (κ3) is 6.01. The molecule has 0 aliphatic heterocycles. The van der Waals surface area contributed by atoms with E-state index in [0.29, 0.717) is 12.4 Å². The van der Waals surface area contributed by atoms with Crippen molar-refractivity contribution in [3.63, 3.8) is 0 Å². The molecule has 0 N–H and O–H groups in total. The number of allylic oxidation sites excluding steroid dienone is 1. The first kappa shape index (κ1) is 23.6. The normalized spacial score (nSPS) is 11.2. The average Bonchev–Trinajstić information content (AvgIpc) is 2.70. The van der Waals surface area contributed by atoms with Crippen molar-refractivity contribution in [3.8, 4) is 33.8 Å². The fraction of sp³-hybridized carbons (Fsp3) is 0.259. The molecule has 3 aromatic carbocycles. The Kier molecular flexibility index (Phi) is 7.09. The van der Waals surface area contributed by atoms with Gasteiger partial charge in [-0.2, -0.15) is 8.42 Å². The molecule has 0 saturated carbocycles. The van der Waals surface area contributed by atoms with E-state index in [4.69, 9.17) is 8.92 Å². The first-order chi connectivity index (χ1) is 15.0. The predicted molar refractivity (Wildman–Crippen MR) is 132 cm³/mol. The second-order valence-corrected chi connectivity index (χ2v) is 9.94. The van der Waals surface area contributed by atoms with Crippen LogP contribution in [0, 0.1) is 20.8 Å². The van der Waals surface area contributed by atoms with E-state index in [2.05, 4.69) is 65.0 Å². The Hall–Kier alpha value is -3.05. The molecule has 5 heteroatoms. The van der Waals surface area contributed by atoms with Gasteiger partial charge in [0.1, 0.15) is 18.1 Å². The van der Waals surface area contributed by atoms with Crippen LogP contribution in [0.5, 0.6) is 11.5 Å². The molecule has 3 aromatic rings. The molecule has 0 aliphatic rings. The Morgan fingerprint density at radius 1 is 0.812 bits per heavy atom. The lowest BCUT2D eigenvalue weighted by Gasteiger charge is -2.15. The van der Waals surface area contributed by atoms with Crippen LogP contribution in [0.4, 0.5) is 0 Å². The van der Waals surface area contributed by atoms with Crippen molar-refractivity contribution in [1.29, 1.82) is 0 Å². The Labute approximate surface area is 191 Å². The highest BCUT2D eigenvalue weighted by atomic mass is 32.2. The van der Waals surface area contributed by atoms with Crippen LogP contribution in [0.1, 0.15) is 30.5 Å². The summed E-state index contributed by atoms with van der Waals surface area (Å²) in [6.07, 6.45) is 3.11. The maximum atomic E-state index is 11.3. The molecule has 0 unspecified atom stereocenters. The molecule has 4 nitrogen and oxygen atoms in total. The van der Waals surface area contributed by atoms with Crippen molar-refractivity contribution in [2.75, 3.05) is 12.9 Å². The monoisotopic (exact) mass is 450 g/mol. The molecule has 0 amide bonds. The van der Waals surface area contributed by atoms with Gasteiger partial charge in [-0.05, 0) is 104 Å². The molecule has 0 bridgehead atoms. The molecule has 0 spiro atoms. The molecule has 0 aliphatic carbocycles. The highest BCUT2D eigenvalue weighted by molar-refractivity contribution is 7.86. The summed E-state index contributed by atoms with van der Waals surface area (Å²) < 4.78 is 33.5. The van der Waals surface area contributed by atoms with Crippen LogP contribution in [0.2, 0.25) is 0 Å². The van der Waals surface area contributed by atoms with Crippen LogP contribution in [-0.4, -0.2) is 21.3 Å². The van der Waals surface area contributed by atoms with Gasteiger partial charge in [-0.25, -0.2) is 0 Å². The van der Waals surface area contributed by atoms with E-state index in [9.17, 15) is 8.42 Å². The summed E-state index contributed by atoms with van der Waals surface area (Å²) in [7, 11) is -3.53. The molecule has 0 aromatic heterocycles. The minimum Gasteiger partial charge on any atom is -0.489 e. The van der Waals surface area contributed by atoms with E-state index in [1.807, 2.05) is 18.2 Å². The lowest BCUT2D eigenvalue weighted by Crippen LogP contribution is -2.05. The van der Waals surface area contributed by atoms with E-state index < -0.39 is 10.1 Å². The second-order valence-electron chi connectivity index (χ2n) is 8.37. The van der Waals surface area contributed by atoms with Crippen LogP contribution in [0.3, 0.4) is 0 Å². The third-order valence-corrected chi connectivity index (χ3v) is 5.70. The fourth-order valence-electron chi connectivity index (χ4n) is 3.58. The standard InChI is InChI=1S/C27H30O4S/c1-18(2)13-14-30-27-12-9-23(15-21(27)5)26-17-19(3)25(16-20(26)4)22-7-10-24(11-8-22)31-32(6,28)29/h7-13,15-17H,14H2,1-6H3. The van der Waals surface area contributed by atoms with Crippen LogP contribution >= 0.6 is 0 Å². The van der Waals surface area contributed by atoms with Crippen LogP contribution in [-0.2, 0) is 10.1 Å². The average molecular weight is 451 g/mol. The lowest BCUT2D eigenvalue weighted by atomic mass is 9.91. The summed E-state index contributed by atoms with van der Waals surface area (Å²) in [5.74, 6) is 1.21. The zero-order chi connectivity index (χ0) is 23.5. The van der Waals surface area contributed by atoms with Crippen LogP contribution in [0.15, 0.2) is 66.2 Å². The third-order valence-electron chi connectivity index (χ3n) is 5.20. The molecule has 32 heavy (non-hydrogen) atoms. The topological polar surface area (TPSA) is 52.6 Å². The van der Waals surface area contributed by atoms with E-state index >= 15 is 0 Å². The summed E-state index contributed by atoms with van der Waals surface area (Å²) in [4.78, 5) is 0. The van der Waals surface area contributed by atoms with Gasteiger partial charge in [-0.1, -0.05) is 35.9 Å². The SMILES string of the molecule is CC(C)=CCOc1ccc(-c2cc(C)c(-c3ccc(OS(C)(=O)=O)cc3)cc2C)cc1C. The molecule has 0 saturated heterocycles. The van der Waals surface area contributed by atoms with Gasteiger partial charge >= 0.3 is 10.1 Å². The minimum absolute atomic E-state index is 0.310. The maximum absolute atomic E-state index is 11.3. The molecule has 3 rings (SSSR count). The number of rotatable bonds is 7. The Bertz CT molecular complexity index is 1250. The predicted octanol–water partition coefficient (Wildman–Crippen LogP) is 6.63. The number of ether oxygens (including phenoxy) is 1. The molecule has 0 radical (unpaired) electrons. The van der Waals surface area contributed by atoms with E-state index in [1.165, 1.54) is 16.7 Å². The first-order valence-electron chi connectivity index (χ1n) is 10.5. The largest absolute Gasteiger partial charge is 0.489 e. The number of benzene rings is 3. The highest BCUT2D eigenvalue weighted by Crippen LogP contribution is 2.34. The molecule has 168 valence electrons. The van der Waals surface area contributed by atoms with Gasteiger partial charge in [0.2, 0.25) is 0 Å². The summed E-state index contributed by atoms with van der Waals surface area (Å²) in [6, 6.07) is 17.8. The zero-order valence-corrected chi connectivity index (χ0v) is 20.3. The second kappa shape index (κ2) is 9.61. The molecule has 0 heterocycles. The zero-order valence-electron chi connectivity index (χ0n) is 19.5. The summed E-state index contributed by atoms with van der Waals surface area (Å²) in [5, 5.41) is 0. The Morgan fingerprint density at radius 3 is 1.91 bits per heavy atom. The van der Waals surface area contributed by atoms with Crippen LogP contribution in [0.25, 0.3) is 22.3 Å². The van der Waals surface area contributed by atoms with Crippen molar-refractivity contribution in [3.05, 3.63) is 82.9 Å². The van der Waals surface area contributed by atoms with Crippen molar-refractivity contribution in [1.82, 2.24) is 0 Å². The van der Waals surface area contributed by atoms with Gasteiger partial charge in [-0.3, -0.25) is 0 Å². The lowest BCUT2D eigenvalue weighted by molar-refractivity contribution is 0.359. The first-order valence-corrected chi connectivity index (χ1v) is 12.3. The van der Waals surface area contributed by atoms with Gasteiger partial charge in [0.15, 0.2) is 0 Å². The quantitative estimate of drug-likeness (QED) is 0.299. The number of hydrogen-bond acceptors (Lipinski definition) is 4. The Morgan fingerprint density at radius 2 is 1.38 bits per heavy atom. The van der Waals surface area contributed by atoms with Gasteiger partial charge < -0.3 is 8.92 Å². The Balaban J connectivity index is 1.87.